The molecule has 0 bridgehead atoms. The standard InChI is InChI=1S/C14H11Br2NO2S/c1-17-10-3-2-7(4-8(10)5-12(17)18)13(19)11-6-9(15)14(16)20-11/h2-4,6,13,19H,5H2,1H3. The van der Waals surface area contributed by atoms with Crippen molar-refractivity contribution < 1.29 is 9.90 Å². The van der Waals surface area contributed by atoms with Crippen LogP contribution in [0.25, 0.3) is 0 Å². The maximum atomic E-state index is 11.7. The molecule has 2 aromatic rings. The molecule has 1 aromatic carbocycles. The number of thiophene rings is 1. The summed E-state index contributed by atoms with van der Waals surface area (Å²) < 4.78 is 1.90. The van der Waals surface area contributed by atoms with Crippen molar-refractivity contribution >= 4 is 54.8 Å². The molecule has 1 aliphatic rings. The Hall–Kier alpha value is -0.690. The van der Waals surface area contributed by atoms with E-state index in [-0.39, 0.29) is 5.91 Å². The van der Waals surface area contributed by atoms with Crippen molar-refractivity contribution in [2.75, 3.05) is 11.9 Å². The van der Waals surface area contributed by atoms with Gasteiger partial charge in [0.1, 0.15) is 6.10 Å². The van der Waals surface area contributed by atoms with E-state index in [9.17, 15) is 9.90 Å². The number of nitrogens with zero attached hydrogens (tertiary/aromatic N) is 1. The van der Waals surface area contributed by atoms with Gasteiger partial charge in [0.05, 0.1) is 10.2 Å². The second-order valence-corrected chi connectivity index (χ2v) is 7.95. The molecule has 0 spiro atoms. The summed E-state index contributed by atoms with van der Waals surface area (Å²) in [5.41, 5.74) is 2.72. The largest absolute Gasteiger partial charge is 0.383 e. The Bertz CT molecular complexity index is 679. The fourth-order valence-corrected chi connectivity index (χ4v) is 4.43. The molecule has 0 saturated heterocycles. The molecule has 104 valence electrons. The van der Waals surface area contributed by atoms with Crippen molar-refractivity contribution in [2.45, 2.75) is 12.5 Å². The quantitative estimate of drug-likeness (QED) is 0.807. The van der Waals surface area contributed by atoms with Gasteiger partial charge in [-0.3, -0.25) is 4.79 Å². The zero-order chi connectivity index (χ0) is 14.4. The predicted molar refractivity (Wildman–Crippen MR) is 87.3 cm³/mol. The third kappa shape index (κ3) is 2.35. The molecule has 20 heavy (non-hydrogen) atoms. The molecule has 1 aliphatic heterocycles. The number of rotatable bonds is 2. The third-order valence-electron chi connectivity index (χ3n) is 3.43. The van der Waals surface area contributed by atoms with Crippen LogP contribution in [0.4, 0.5) is 5.69 Å². The van der Waals surface area contributed by atoms with E-state index < -0.39 is 6.10 Å². The smallest absolute Gasteiger partial charge is 0.231 e. The zero-order valence-electron chi connectivity index (χ0n) is 10.6. The lowest BCUT2D eigenvalue weighted by Crippen LogP contribution is -2.20. The molecule has 0 radical (unpaired) electrons. The number of amides is 1. The van der Waals surface area contributed by atoms with Crippen LogP contribution in [0.15, 0.2) is 32.5 Å². The molecule has 3 rings (SSSR count). The number of aliphatic hydroxyl groups excluding tert-OH is 1. The van der Waals surface area contributed by atoms with Gasteiger partial charge in [-0.15, -0.1) is 11.3 Å². The molecule has 3 nitrogen and oxygen atoms in total. The maximum absolute atomic E-state index is 11.7. The summed E-state index contributed by atoms with van der Waals surface area (Å²) in [5, 5.41) is 10.5. The van der Waals surface area contributed by atoms with Crippen LogP contribution in [0, 0.1) is 0 Å². The van der Waals surface area contributed by atoms with Gasteiger partial charge in [0.15, 0.2) is 0 Å². The summed E-state index contributed by atoms with van der Waals surface area (Å²) in [4.78, 5) is 14.2. The first kappa shape index (κ1) is 14.3. The van der Waals surface area contributed by atoms with Crippen LogP contribution < -0.4 is 4.90 Å². The first-order valence-electron chi connectivity index (χ1n) is 5.99. The van der Waals surface area contributed by atoms with Gasteiger partial charge in [-0.05, 0) is 55.1 Å². The molecular weight excluding hydrogens is 406 g/mol. The fourth-order valence-electron chi connectivity index (χ4n) is 2.32. The minimum Gasteiger partial charge on any atom is -0.383 e. The molecule has 6 heteroatoms. The van der Waals surface area contributed by atoms with Gasteiger partial charge in [-0.2, -0.15) is 0 Å². The fraction of sp³-hybridized carbons (Fsp3) is 0.214. The number of carbonyl (C=O) groups is 1. The van der Waals surface area contributed by atoms with Crippen molar-refractivity contribution in [1.29, 1.82) is 0 Å². The Morgan fingerprint density at radius 1 is 1.35 bits per heavy atom. The van der Waals surface area contributed by atoms with Gasteiger partial charge < -0.3 is 10.0 Å². The normalized spacial score (nSPS) is 15.6. The molecule has 0 fully saturated rings. The number of carbonyl (C=O) groups excluding carboxylic acids is 1. The Balaban J connectivity index is 1.96. The van der Waals surface area contributed by atoms with Crippen LogP contribution in [-0.4, -0.2) is 18.1 Å². The van der Waals surface area contributed by atoms with E-state index in [1.54, 1.807) is 11.9 Å². The lowest BCUT2D eigenvalue weighted by molar-refractivity contribution is -0.117. The summed E-state index contributed by atoms with van der Waals surface area (Å²) >= 11 is 8.35. The SMILES string of the molecule is CN1C(=O)Cc2cc(C(O)c3cc(Br)c(Br)s3)ccc21. The Morgan fingerprint density at radius 3 is 2.75 bits per heavy atom. The first-order chi connectivity index (χ1) is 9.47. The molecule has 1 unspecified atom stereocenters. The van der Waals surface area contributed by atoms with Gasteiger partial charge >= 0.3 is 0 Å². The third-order valence-corrected chi connectivity index (χ3v) is 6.74. The minimum absolute atomic E-state index is 0.0910. The van der Waals surface area contributed by atoms with Gasteiger partial charge in [-0.25, -0.2) is 0 Å². The second kappa shape index (κ2) is 5.26. The number of hydrogen-bond acceptors (Lipinski definition) is 3. The molecule has 1 N–H and O–H groups in total. The number of halogens is 2. The molecule has 1 aromatic heterocycles. The monoisotopic (exact) mass is 415 g/mol. The summed E-state index contributed by atoms with van der Waals surface area (Å²) in [6, 6.07) is 7.60. The molecule has 1 atom stereocenters. The topological polar surface area (TPSA) is 40.5 Å². The van der Waals surface area contributed by atoms with E-state index in [0.29, 0.717) is 6.42 Å². The number of anilines is 1. The van der Waals surface area contributed by atoms with Crippen LogP contribution in [0.1, 0.15) is 22.1 Å². The summed E-state index contributed by atoms with van der Waals surface area (Å²) in [7, 11) is 1.78. The number of hydrogen-bond donors (Lipinski definition) is 1. The van der Waals surface area contributed by atoms with Crippen molar-refractivity contribution in [2.24, 2.45) is 0 Å². The number of aliphatic hydroxyl groups is 1. The van der Waals surface area contributed by atoms with Crippen molar-refractivity contribution in [1.82, 2.24) is 0 Å². The minimum atomic E-state index is -0.672. The van der Waals surface area contributed by atoms with Gasteiger partial charge in [0, 0.05) is 22.1 Å². The molecular formula is C14H11Br2NO2S. The maximum Gasteiger partial charge on any atom is 0.231 e. The van der Waals surface area contributed by atoms with Crippen LogP contribution in [0.3, 0.4) is 0 Å². The Morgan fingerprint density at radius 2 is 2.10 bits per heavy atom. The molecule has 1 amide bonds. The highest BCUT2D eigenvalue weighted by atomic mass is 79.9. The van der Waals surface area contributed by atoms with E-state index >= 15 is 0 Å². The van der Waals surface area contributed by atoms with E-state index in [2.05, 4.69) is 31.9 Å². The summed E-state index contributed by atoms with van der Waals surface area (Å²) in [5.74, 6) is 0.0910. The average molecular weight is 417 g/mol. The highest BCUT2D eigenvalue weighted by molar-refractivity contribution is 9.13. The molecule has 0 aliphatic carbocycles. The Kier molecular flexibility index (Phi) is 3.75. The van der Waals surface area contributed by atoms with E-state index in [4.69, 9.17) is 0 Å². The van der Waals surface area contributed by atoms with Crippen LogP contribution in [0.5, 0.6) is 0 Å². The van der Waals surface area contributed by atoms with E-state index in [1.807, 2.05) is 24.3 Å². The van der Waals surface area contributed by atoms with Crippen LogP contribution >= 0.6 is 43.2 Å². The summed E-state index contributed by atoms with van der Waals surface area (Å²) in [6.07, 6.45) is -0.265. The Labute approximate surface area is 137 Å². The number of likely N-dealkylation sites (N-methyl/N-ethyl adjacent to an activating group) is 1. The summed E-state index contributed by atoms with van der Waals surface area (Å²) in [6.45, 7) is 0. The average Bonchev–Trinajstić information content (AvgIpc) is 2.90. The van der Waals surface area contributed by atoms with Gasteiger partial charge in [-0.1, -0.05) is 12.1 Å². The number of benzene rings is 1. The van der Waals surface area contributed by atoms with Crippen molar-refractivity contribution in [3.05, 3.63) is 48.5 Å². The highest BCUT2D eigenvalue weighted by Gasteiger charge is 2.25. The highest BCUT2D eigenvalue weighted by Crippen LogP contribution is 2.39. The van der Waals surface area contributed by atoms with E-state index in [0.717, 1.165) is 30.0 Å². The lowest BCUT2D eigenvalue weighted by atomic mass is 10.0. The van der Waals surface area contributed by atoms with Crippen molar-refractivity contribution in [3.63, 3.8) is 0 Å². The first-order valence-corrected chi connectivity index (χ1v) is 8.40. The van der Waals surface area contributed by atoms with Crippen LogP contribution in [-0.2, 0) is 11.2 Å². The van der Waals surface area contributed by atoms with Gasteiger partial charge in [0.2, 0.25) is 5.91 Å². The van der Waals surface area contributed by atoms with Gasteiger partial charge in [0.25, 0.3) is 0 Å². The van der Waals surface area contributed by atoms with E-state index in [1.165, 1.54) is 11.3 Å². The lowest BCUT2D eigenvalue weighted by Gasteiger charge is -2.13. The van der Waals surface area contributed by atoms with Crippen molar-refractivity contribution in [3.8, 4) is 0 Å². The predicted octanol–water partition coefficient (Wildman–Crippen LogP) is 3.87. The molecule has 2 heterocycles. The zero-order valence-corrected chi connectivity index (χ0v) is 14.5. The second-order valence-electron chi connectivity index (χ2n) is 4.69. The molecule has 0 saturated carbocycles. The van der Waals surface area contributed by atoms with Crippen LogP contribution in [0.2, 0.25) is 0 Å². The number of fused-ring (bicyclic) bond motifs is 1.